The molecule has 0 radical (unpaired) electrons. The number of hydrogen-bond donors (Lipinski definition) is 0. The summed E-state index contributed by atoms with van der Waals surface area (Å²) in [5.74, 6) is 1.54. The predicted molar refractivity (Wildman–Crippen MR) is 91.5 cm³/mol. The zero-order chi connectivity index (χ0) is 16.0. The molecule has 1 fully saturated rings. The van der Waals surface area contributed by atoms with E-state index >= 15 is 0 Å². The second kappa shape index (κ2) is 5.16. The molecule has 1 aromatic rings. The highest BCUT2D eigenvalue weighted by molar-refractivity contribution is 6.33. The third-order valence-electron chi connectivity index (χ3n) is 5.24. The van der Waals surface area contributed by atoms with E-state index in [0.717, 1.165) is 36.3 Å². The molecule has 0 N–H and O–H groups in total. The van der Waals surface area contributed by atoms with Crippen molar-refractivity contribution < 1.29 is 4.74 Å². The second-order valence-electron chi connectivity index (χ2n) is 7.93. The second-order valence-corrected chi connectivity index (χ2v) is 7.93. The zero-order valence-corrected chi connectivity index (χ0v) is 13.9. The van der Waals surface area contributed by atoms with Crippen molar-refractivity contribution in [1.82, 2.24) is 0 Å². The number of aliphatic imine (C=N–C) groups is 1. The van der Waals surface area contributed by atoms with Crippen LogP contribution >= 0.6 is 0 Å². The Balaban J connectivity index is 1.97. The summed E-state index contributed by atoms with van der Waals surface area (Å²) in [6.45, 7) is 6.92. The Kier molecular flexibility index (Phi) is 3.55. The number of rotatable bonds is 0. The van der Waals surface area contributed by atoms with E-state index in [0.29, 0.717) is 11.3 Å². The topological polar surface area (TPSA) is 45.4 Å². The van der Waals surface area contributed by atoms with E-state index in [9.17, 15) is 0 Å². The summed E-state index contributed by atoms with van der Waals surface area (Å²) >= 11 is 0. The summed E-state index contributed by atoms with van der Waals surface area (Å²) in [6, 6.07) is 6.18. The van der Waals surface area contributed by atoms with E-state index in [2.05, 4.69) is 45.7 Å². The fourth-order valence-corrected chi connectivity index (χ4v) is 3.87. The highest BCUT2D eigenvalue weighted by Crippen LogP contribution is 2.50. The van der Waals surface area contributed by atoms with Crippen LogP contribution in [0.25, 0.3) is 0 Å². The van der Waals surface area contributed by atoms with Crippen molar-refractivity contribution >= 4 is 19.0 Å². The largest absolute Gasteiger partial charge is 0.486 e. The molecule has 4 heteroatoms. The molecular weight excluding hydrogens is 271 g/mol. The van der Waals surface area contributed by atoms with Gasteiger partial charge in [-0.25, -0.2) is 0 Å². The standard InChI is InChI=1S/C18H23BN2O/c1-17(2,3)12-6-7-18(9-12)10-15(21-11-20)14-8-13(19)4-5-16(14)22-18/h4-5,8,12H,6-7,9-10,19H2,1-3H3/b21-15+. The van der Waals surface area contributed by atoms with E-state index in [1.807, 2.05) is 12.3 Å². The fraction of sp³-hybridized carbons (Fsp3) is 0.556. The van der Waals surface area contributed by atoms with Gasteiger partial charge >= 0.3 is 0 Å². The van der Waals surface area contributed by atoms with Crippen molar-refractivity contribution in [2.24, 2.45) is 16.3 Å². The lowest BCUT2D eigenvalue weighted by Crippen LogP contribution is -2.41. The molecule has 0 amide bonds. The van der Waals surface area contributed by atoms with Crippen molar-refractivity contribution in [2.75, 3.05) is 0 Å². The quantitative estimate of drug-likeness (QED) is 0.545. The van der Waals surface area contributed by atoms with E-state index in [-0.39, 0.29) is 5.60 Å². The lowest BCUT2D eigenvalue weighted by Gasteiger charge is -2.37. The Morgan fingerprint density at radius 1 is 1.41 bits per heavy atom. The molecule has 22 heavy (non-hydrogen) atoms. The van der Waals surface area contributed by atoms with Gasteiger partial charge in [0.1, 0.15) is 19.2 Å². The summed E-state index contributed by atoms with van der Waals surface area (Å²) in [7, 11) is 2.06. The first kappa shape index (κ1) is 15.2. The van der Waals surface area contributed by atoms with Crippen LogP contribution in [0.4, 0.5) is 0 Å². The maximum atomic E-state index is 9.05. The Labute approximate surface area is 133 Å². The molecule has 1 heterocycles. The molecule has 0 aromatic heterocycles. The molecule has 1 aliphatic heterocycles. The first-order valence-electron chi connectivity index (χ1n) is 8.09. The Morgan fingerprint density at radius 3 is 2.82 bits per heavy atom. The average molecular weight is 294 g/mol. The summed E-state index contributed by atoms with van der Waals surface area (Å²) in [4.78, 5) is 4.11. The van der Waals surface area contributed by atoms with Crippen LogP contribution in [0.1, 0.15) is 52.0 Å². The van der Waals surface area contributed by atoms with E-state index in [4.69, 9.17) is 10.00 Å². The van der Waals surface area contributed by atoms with Crippen LogP contribution in [0.5, 0.6) is 5.75 Å². The maximum Gasteiger partial charge on any atom is 0.205 e. The van der Waals surface area contributed by atoms with E-state index < -0.39 is 0 Å². The van der Waals surface area contributed by atoms with Gasteiger partial charge in [0.15, 0.2) is 0 Å². The Bertz CT molecular complexity index is 669. The molecule has 1 spiro atoms. The van der Waals surface area contributed by atoms with Crippen LogP contribution in [0.15, 0.2) is 23.2 Å². The molecule has 3 nitrogen and oxygen atoms in total. The van der Waals surface area contributed by atoms with Gasteiger partial charge in [-0.1, -0.05) is 38.4 Å². The highest BCUT2D eigenvalue weighted by Gasteiger charge is 2.48. The molecule has 0 bridgehead atoms. The molecular formula is C18H23BN2O. The summed E-state index contributed by atoms with van der Waals surface area (Å²) in [5.41, 5.74) is 3.18. The zero-order valence-electron chi connectivity index (χ0n) is 13.9. The van der Waals surface area contributed by atoms with Gasteiger partial charge in [0.05, 0.1) is 5.71 Å². The van der Waals surface area contributed by atoms with Gasteiger partial charge in [0, 0.05) is 12.0 Å². The number of nitrogens with zero attached hydrogens (tertiary/aromatic N) is 2. The van der Waals surface area contributed by atoms with Crippen LogP contribution in [0, 0.1) is 22.8 Å². The molecule has 114 valence electrons. The number of fused-ring (bicyclic) bond motifs is 1. The highest BCUT2D eigenvalue weighted by atomic mass is 16.5. The van der Waals surface area contributed by atoms with Gasteiger partial charge in [0.25, 0.3) is 0 Å². The molecule has 2 atom stereocenters. The summed E-state index contributed by atoms with van der Waals surface area (Å²) in [6.07, 6.45) is 6.01. The summed E-state index contributed by atoms with van der Waals surface area (Å²) in [5, 5.41) is 9.05. The number of hydrogen-bond acceptors (Lipinski definition) is 3. The van der Waals surface area contributed by atoms with Gasteiger partial charge in [-0.15, -0.1) is 0 Å². The van der Waals surface area contributed by atoms with Gasteiger partial charge < -0.3 is 4.74 Å². The predicted octanol–water partition coefficient (Wildman–Crippen LogP) is 2.58. The maximum absolute atomic E-state index is 9.05. The number of ether oxygens (including phenoxy) is 1. The van der Waals surface area contributed by atoms with Crippen molar-refractivity contribution in [1.29, 1.82) is 5.26 Å². The van der Waals surface area contributed by atoms with Gasteiger partial charge in [-0.3, -0.25) is 0 Å². The minimum atomic E-state index is -0.171. The summed E-state index contributed by atoms with van der Waals surface area (Å²) < 4.78 is 6.45. The smallest absolute Gasteiger partial charge is 0.205 e. The van der Waals surface area contributed by atoms with Crippen LogP contribution in [0.3, 0.4) is 0 Å². The van der Waals surface area contributed by atoms with Crippen LogP contribution in [0.2, 0.25) is 0 Å². The minimum Gasteiger partial charge on any atom is -0.486 e. The van der Waals surface area contributed by atoms with Crippen molar-refractivity contribution in [2.45, 2.75) is 52.1 Å². The third-order valence-corrected chi connectivity index (χ3v) is 5.24. The number of benzene rings is 1. The van der Waals surface area contributed by atoms with Gasteiger partial charge in [-0.05, 0) is 36.7 Å². The molecule has 1 aromatic carbocycles. The normalized spacial score (nSPS) is 29.2. The number of nitriles is 1. The van der Waals surface area contributed by atoms with Crippen molar-refractivity contribution in [3.63, 3.8) is 0 Å². The van der Waals surface area contributed by atoms with Gasteiger partial charge in [0.2, 0.25) is 6.19 Å². The molecule has 1 aliphatic carbocycles. The van der Waals surface area contributed by atoms with Gasteiger partial charge in [-0.2, -0.15) is 10.3 Å². The molecule has 0 saturated heterocycles. The molecule has 3 rings (SSSR count). The lowest BCUT2D eigenvalue weighted by molar-refractivity contribution is 0.0649. The van der Waals surface area contributed by atoms with Crippen LogP contribution in [-0.4, -0.2) is 19.2 Å². The minimum absolute atomic E-state index is 0.171. The Morgan fingerprint density at radius 2 is 2.18 bits per heavy atom. The molecule has 1 saturated carbocycles. The first-order chi connectivity index (χ1) is 10.3. The van der Waals surface area contributed by atoms with Crippen LogP contribution < -0.4 is 10.2 Å². The monoisotopic (exact) mass is 294 g/mol. The SMILES string of the molecule is Bc1ccc2c(c1)/C(=N/C#N)CC1(CCC(C(C)(C)C)C1)O2. The van der Waals surface area contributed by atoms with Crippen LogP contribution in [-0.2, 0) is 0 Å². The lowest BCUT2D eigenvalue weighted by atomic mass is 9.77. The van der Waals surface area contributed by atoms with E-state index in [1.54, 1.807) is 0 Å². The van der Waals surface area contributed by atoms with Crippen molar-refractivity contribution in [3.05, 3.63) is 23.8 Å². The molecule has 2 aliphatic rings. The van der Waals surface area contributed by atoms with Crippen molar-refractivity contribution in [3.8, 4) is 11.9 Å². The molecule has 2 unspecified atom stereocenters. The van der Waals surface area contributed by atoms with E-state index in [1.165, 1.54) is 11.9 Å². The third kappa shape index (κ3) is 2.65. The average Bonchev–Trinajstić information content (AvgIpc) is 2.84. The first-order valence-corrected chi connectivity index (χ1v) is 8.09. The Hall–Kier alpha value is -1.76. The fourth-order valence-electron chi connectivity index (χ4n) is 3.87.